The van der Waals surface area contributed by atoms with E-state index in [2.05, 4.69) is 128 Å². The van der Waals surface area contributed by atoms with Crippen LogP contribution in [0.1, 0.15) is 43.4 Å². The third-order valence-corrected chi connectivity index (χ3v) is 11.6. The second kappa shape index (κ2) is 9.01. The van der Waals surface area contributed by atoms with Crippen molar-refractivity contribution in [1.82, 2.24) is 4.67 Å². The lowest BCUT2D eigenvalue weighted by molar-refractivity contribution is 0.558. The van der Waals surface area contributed by atoms with Crippen LogP contribution in [0.5, 0.6) is 0 Å². The molecule has 0 N–H and O–H groups in total. The van der Waals surface area contributed by atoms with Gasteiger partial charge in [-0.25, -0.2) is 14.2 Å². The average Bonchev–Trinajstić information content (AvgIpc) is 3.59. The van der Waals surface area contributed by atoms with Crippen LogP contribution in [-0.4, -0.2) is 31.0 Å². The minimum absolute atomic E-state index is 0.164. The number of hydrogen-bond donors (Lipinski definition) is 0. The zero-order valence-corrected chi connectivity index (χ0v) is 23.4. The van der Waals surface area contributed by atoms with Crippen molar-refractivity contribution in [2.75, 3.05) is 29.8 Å². The van der Waals surface area contributed by atoms with Crippen molar-refractivity contribution in [2.24, 2.45) is 9.85 Å². The van der Waals surface area contributed by atoms with E-state index in [-0.39, 0.29) is 5.41 Å². The van der Waals surface area contributed by atoms with Gasteiger partial charge in [-0.3, -0.25) is 0 Å². The molecule has 3 aliphatic rings. The normalized spacial score (nSPS) is 24.7. The number of hydrazone groups is 1. The van der Waals surface area contributed by atoms with E-state index in [1.54, 1.807) is 0 Å². The SMILES string of the molecule is Cc1ccc(N=P2(N3CCCC3)/C(=C3/N(C)c4ccccc4C3(C)C)C=NN2c2ccccc2)c(C)c1. The number of benzene rings is 3. The van der Waals surface area contributed by atoms with Gasteiger partial charge in [0.1, 0.15) is 0 Å². The van der Waals surface area contributed by atoms with Crippen molar-refractivity contribution in [3.05, 3.63) is 100 Å². The molecule has 6 rings (SSSR count). The Bertz CT molecular complexity index is 1460. The van der Waals surface area contributed by atoms with E-state index in [4.69, 9.17) is 9.85 Å². The molecule has 37 heavy (non-hydrogen) atoms. The molecule has 0 radical (unpaired) electrons. The van der Waals surface area contributed by atoms with E-state index in [1.807, 2.05) is 0 Å². The fourth-order valence-corrected chi connectivity index (χ4v) is 10.3. The van der Waals surface area contributed by atoms with Crippen molar-refractivity contribution < 1.29 is 0 Å². The smallest absolute Gasteiger partial charge is 0.179 e. The lowest BCUT2D eigenvalue weighted by Gasteiger charge is -2.40. The average molecular weight is 510 g/mol. The van der Waals surface area contributed by atoms with E-state index in [0.717, 1.165) is 24.5 Å². The summed E-state index contributed by atoms with van der Waals surface area (Å²) in [7, 11) is -0.275. The van der Waals surface area contributed by atoms with Crippen LogP contribution in [0.4, 0.5) is 17.1 Å². The molecule has 190 valence electrons. The number of fused-ring (bicyclic) bond motifs is 1. The zero-order valence-electron chi connectivity index (χ0n) is 22.5. The Hall–Kier alpha value is -3.14. The summed E-state index contributed by atoms with van der Waals surface area (Å²) in [5.74, 6) is 0. The molecule has 0 bridgehead atoms. The molecule has 0 aliphatic carbocycles. The second-order valence-corrected chi connectivity index (χ2v) is 13.7. The molecule has 1 unspecified atom stereocenters. The molecule has 0 saturated carbocycles. The fourth-order valence-electron chi connectivity index (χ4n) is 6.29. The summed E-state index contributed by atoms with van der Waals surface area (Å²) in [5, 5.41) is 6.44. The van der Waals surface area contributed by atoms with E-state index in [0.29, 0.717) is 0 Å². The van der Waals surface area contributed by atoms with Crippen LogP contribution in [0, 0.1) is 13.8 Å². The van der Waals surface area contributed by atoms with Crippen LogP contribution in [0.15, 0.2) is 93.7 Å². The molecule has 3 aliphatic heterocycles. The molecule has 1 saturated heterocycles. The van der Waals surface area contributed by atoms with Gasteiger partial charge in [-0.05, 0) is 62.1 Å². The van der Waals surface area contributed by atoms with Gasteiger partial charge >= 0.3 is 0 Å². The monoisotopic (exact) mass is 509 g/mol. The second-order valence-electron chi connectivity index (χ2n) is 10.9. The third kappa shape index (κ3) is 3.71. The Balaban J connectivity index is 1.70. The third-order valence-electron chi connectivity index (χ3n) is 8.05. The molecule has 1 atom stereocenters. The Kier molecular flexibility index (Phi) is 5.89. The minimum atomic E-state index is -2.49. The highest BCUT2D eigenvalue weighted by Gasteiger charge is 2.50. The van der Waals surface area contributed by atoms with Crippen LogP contribution in [0.25, 0.3) is 0 Å². The molecule has 1 fully saturated rings. The van der Waals surface area contributed by atoms with Gasteiger partial charge in [-0.15, -0.1) is 0 Å². The van der Waals surface area contributed by atoms with Gasteiger partial charge in [0.05, 0.1) is 22.9 Å². The Morgan fingerprint density at radius 3 is 2.30 bits per heavy atom. The number of anilines is 2. The van der Waals surface area contributed by atoms with E-state index in [9.17, 15) is 0 Å². The molecular formula is C31H36N5P. The highest BCUT2D eigenvalue weighted by atomic mass is 31.2. The topological polar surface area (TPSA) is 34.4 Å². The van der Waals surface area contributed by atoms with Gasteiger partial charge in [0, 0.05) is 36.9 Å². The summed E-state index contributed by atoms with van der Waals surface area (Å²) >= 11 is 0. The molecule has 0 spiro atoms. The zero-order chi connectivity index (χ0) is 25.8. The van der Waals surface area contributed by atoms with E-state index >= 15 is 0 Å². The number of nitrogens with zero attached hydrogens (tertiary/aromatic N) is 5. The van der Waals surface area contributed by atoms with Gasteiger partial charge in [0.2, 0.25) is 0 Å². The van der Waals surface area contributed by atoms with Crippen molar-refractivity contribution in [1.29, 1.82) is 0 Å². The molecule has 3 aromatic rings. The number of hydrogen-bond acceptors (Lipinski definition) is 3. The largest absolute Gasteiger partial charge is 0.346 e. The maximum atomic E-state index is 5.81. The summed E-state index contributed by atoms with van der Waals surface area (Å²) in [6.07, 6.45) is 4.51. The van der Waals surface area contributed by atoms with Crippen molar-refractivity contribution in [3.8, 4) is 0 Å². The standard InChI is InChI=1S/C31H36N5P/c1-23-17-18-27(24(2)21-23)33-37(35-19-11-12-20-35)29(22-32-36(37)25-13-7-6-8-14-25)30-31(3,4)26-15-9-10-16-28(26)34(30)5/h6-10,13-18,21-22H,11-12,19-20H2,1-5H3/b30-29+. The van der Waals surface area contributed by atoms with Crippen molar-refractivity contribution in [2.45, 2.75) is 46.0 Å². The molecule has 5 nitrogen and oxygen atoms in total. The highest BCUT2D eigenvalue weighted by molar-refractivity contribution is 7.71. The predicted molar refractivity (Wildman–Crippen MR) is 158 cm³/mol. The van der Waals surface area contributed by atoms with Gasteiger partial charge < -0.3 is 4.90 Å². The molecule has 0 aromatic heterocycles. The summed E-state index contributed by atoms with van der Waals surface area (Å²) < 4.78 is 10.7. The number of aryl methyl sites for hydroxylation is 2. The highest BCUT2D eigenvalue weighted by Crippen LogP contribution is 2.71. The van der Waals surface area contributed by atoms with Crippen LogP contribution in [0.3, 0.4) is 0 Å². The lowest BCUT2D eigenvalue weighted by atomic mass is 9.84. The van der Waals surface area contributed by atoms with Crippen LogP contribution in [-0.2, 0) is 5.41 Å². The number of likely N-dealkylation sites (N-methyl/N-ethyl adjacent to an activating group) is 1. The first-order chi connectivity index (χ1) is 17.8. The van der Waals surface area contributed by atoms with Crippen LogP contribution >= 0.6 is 7.36 Å². The van der Waals surface area contributed by atoms with Gasteiger partial charge in [0.25, 0.3) is 0 Å². The van der Waals surface area contributed by atoms with Gasteiger partial charge in [-0.1, -0.05) is 67.9 Å². The molecular weight excluding hydrogens is 473 g/mol. The molecule has 0 amide bonds. The Morgan fingerprint density at radius 2 is 1.59 bits per heavy atom. The predicted octanol–water partition coefficient (Wildman–Crippen LogP) is 8.21. The summed E-state index contributed by atoms with van der Waals surface area (Å²) in [6, 6.07) is 26.1. The Labute approximate surface area is 221 Å². The summed E-state index contributed by atoms with van der Waals surface area (Å²) in [5.41, 5.74) is 8.41. The van der Waals surface area contributed by atoms with Crippen LogP contribution < -0.4 is 9.68 Å². The quantitative estimate of drug-likeness (QED) is 0.334. The van der Waals surface area contributed by atoms with Crippen molar-refractivity contribution >= 4 is 30.6 Å². The van der Waals surface area contributed by atoms with E-state index < -0.39 is 7.36 Å². The van der Waals surface area contributed by atoms with Crippen molar-refractivity contribution in [3.63, 3.8) is 0 Å². The first-order valence-corrected chi connectivity index (χ1v) is 14.9. The van der Waals surface area contributed by atoms with Crippen LogP contribution in [0.2, 0.25) is 0 Å². The fraction of sp³-hybridized carbons (Fsp3) is 0.323. The first kappa shape index (κ1) is 24.2. The lowest BCUT2D eigenvalue weighted by Crippen LogP contribution is -2.30. The van der Waals surface area contributed by atoms with Gasteiger partial charge in [-0.2, -0.15) is 5.10 Å². The van der Waals surface area contributed by atoms with Gasteiger partial charge in [0.15, 0.2) is 7.36 Å². The first-order valence-electron chi connectivity index (χ1n) is 13.3. The molecule has 6 heteroatoms. The number of para-hydroxylation sites is 2. The molecule has 3 aromatic carbocycles. The maximum absolute atomic E-state index is 5.81. The number of allylic oxidation sites excluding steroid dienone is 2. The maximum Gasteiger partial charge on any atom is 0.179 e. The molecule has 3 heterocycles. The summed E-state index contributed by atoms with van der Waals surface area (Å²) in [4.78, 5) is 2.40. The number of rotatable bonds is 3. The van der Waals surface area contributed by atoms with E-state index in [1.165, 1.54) is 46.2 Å². The Morgan fingerprint density at radius 1 is 0.892 bits per heavy atom. The summed E-state index contributed by atoms with van der Waals surface area (Å²) in [6.45, 7) is 11.1. The minimum Gasteiger partial charge on any atom is -0.346 e.